The molecule has 2 aromatic heterocycles. The molecule has 0 bridgehead atoms. The zero-order valence-electron chi connectivity index (χ0n) is 15.2. The molecule has 0 fully saturated rings. The first-order valence-electron chi connectivity index (χ1n) is 8.06. The van der Waals surface area contributed by atoms with Gasteiger partial charge in [0.2, 0.25) is 0 Å². The Morgan fingerprint density at radius 1 is 1.36 bits per heavy atom. The van der Waals surface area contributed by atoms with E-state index in [9.17, 15) is 9.59 Å². The Morgan fingerprint density at radius 3 is 2.64 bits per heavy atom. The summed E-state index contributed by atoms with van der Waals surface area (Å²) < 4.78 is 7.60. The Balaban J connectivity index is 2.49. The Morgan fingerprint density at radius 2 is 2.04 bits per heavy atom. The highest BCUT2D eigenvalue weighted by Crippen LogP contribution is 2.26. The van der Waals surface area contributed by atoms with Gasteiger partial charge in [0.05, 0.1) is 12.3 Å². The Hall–Kier alpha value is -2.13. The lowest BCUT2D eigenvalue weighted by molar-refractivity contribution is 0.190. The fourth-order valence-electron chi connectivity index (χ4n) is 2.52. The molecule has 8 nitrogen and oxygen atoms in total. The molecule has 1 atom stereocenters. The van der Waals surface area contributed by atoms with Gasteiger partial charge in [-0.3, -0.25) is 13.9 Å². The van der Waals surface area contributed by atoms with Crippen LogP contribution in [0.5, 0.6) is 0 Å². The second kappa shape index (κ2) is 7.83. The molecule has 0 amide bonds. The van der Waals surface area contributed by atoms with E-state index in [1.54, 1.807) is 12.5 Å². The van der Waals surface area contributed by atoms with Gasteiger partial charge in [0.15, 0.2) is 5.13 Å². The average molecular weight is 367 g/mol. The number of hydrogen-bond acceptors (Lipinski definition) is 7. The Kier molecular flexibility index (Phi) is 6.02. The van der Waals surface area contributed by atoms with Crippen LogP contribution in [0.25, 0.3) is 11.3 Å². The number of nitrogens with zero attached hydrogens (tertiary/aromatic N) is 3. The quantitative estimate of drug-likeness (QED) is 0.766. The summed E-state index contributed by atoms with van der Waals surface area (Å²) >= 11 is 1.38. The van der Waals surface area contributed by atoms with Crippen molar-refractivity contribution in [3.05, 3.63) is 26.2 Å². The van der Waals surface area contributed by atoms with Crippen LogP contribution in [0.3, 0.4) is 0 Å². The Bertz CT molecular complexity index is 852. The van der Waals surface area contributed by atoms with Gasteiger partial charge in [0.1, 0.15) is 11.4 Å². The topological polar surface area (TPSA) is 104 Å². The van der Waals surface area contributed by atoms with Gasteiger partial charge in [-0.15, -0.1) is 11.3 Å². The largest absolute Gasteiger partial charge is 0.384 e. The minimum atomic E-state index is -0.440. The van der Waals surface area contributed by atoms with Crippen LogP contribution >= 0.6 is 11.3 Å². The number of rotatable bonds is 7. The summed E-state index contributed by atoms with van der Waals surface area (Å²) in [4.78, 5) is 29.4. The monoisotopic (exact) mass is 367 g/mol. The van der Waals surface area contributed by atoms with E-state index in [4.69, 9.17) is 10.5 Å². The Labute approximate surface area is 150 Å². The van der Waals surface area contributed by atoms with Crippen LogP contribution in [0.2, 0.25) is 0 Å². The first-order valence-corrected chi connectivity index (χ1v) is 8.94. The van der Waals surface area contributed by atoms with Gasteiger partial charge in [-0.1, -0.05) is 13.8 Å². The summed E-state index contributed by atoms with van der Waals surface area (Å²) in [7, 11) is 3.09. The molecule has 0 unspecified atom stereocenters. The normalized spacial score (nSPS) is 12.6. The molecule has 0 saturated carbocycles. The lowest BCUT2D eigenvalue weighted by Crippen LogP contribution is -2.41. The molecule has 9 heteroatoms. The van der Waals surface area contributed by atoms with Gasteiger partial charge in [0, 0.05) is 32.1 Å². The number of nitrogens with one attached hydrogen (secondary N) is 1. The molecule has 138 valence electrons. The number of nitrogen functional groups attached to an aromatic ring is 1. The third kappa shape index (κ3) is 4.10. The van der Waals surface area contributed by atoms with Crippen molar-refractivity contribution in [2.45, 2.75) is 33.4 Å². The highest BCUT2D eigenvalue weighted by Gasteiger charge is 2.20. The third-order valence-electron chi connectivity index (χ3n) is 3.68. The van der Waals surface area contributed by atoms with E-state index >= 15 is 0 Å². The smallest absolute Gasteiger partial charge is 0.332 e. The molecule has 2 heterocycles. The first-order chi connectivity index (χ1) is 11.8. The molecule has 0 spiro atoms. The van der Waals surface area contributed by atoms with Gasteiger partial charge in [0.25, 0.3) is 5.56 Å². The molecule has 0 aromatic carbocycles. The second-order valence-corrected chi connectivity index (χ2v) is 7.31. The molecule has 25 heavy (non-hydrogen) atoms. The molecule has 0 aliphatic heterocycles. The highest BCUT2D eigenvalue weighted by molar-refractivity contribution is 7.14. The summed E-state index contributed by atoms with van der Waals surface area (Å²) in [5.74, 6) is 0.372. The summed E-state index contributed by atoms with van der Waals surface area (Å²) in [6.45, 7) is 6.92. The summed E-state index contributed by atoms with van der Waals surface area (Å²) in [5, 5.41) is 5.64. The molecule has 0 radical (unpaired) electrons. The van der Waals surface area contributed by atoms with Crippen molar-refractivity contribution < 1.29 is 4.74 Å². The minimum absolute atomic E-state index is 0.0825. The number of methoxy groups -OCH3 is 1. The van der Waals surface area contributed by atoms with E-state index < -0.39 is 11.2 Å². The van der Waals surface area contributed by atoms with Gasteiger partial charge >= 0.3 is 5.69 Å². The molecule has 0 aliphatic rings. The fraction of sp³-hybridized carbons (Fsp3) is 0.562. The van der Waals surface area contributed by atoms with Crippen molar-refractivity contribution in [2.24, 2.45) is 13.0 Å². The number of ether oxygens (including phenoxy) is 1. The van der Waals surface area contributed by atoms with Crippen LogP contribution in [-0.2, 0) is 18.3 Å². The molecule has 2 aromatic rings. The lowest BCUT2D eigenvalue weighted by atomic mass is 10.2. The number of nitrogens with two attached hydrogens (primary N) is 1. The molecular formula is C16H25N5O3S. The summed E-state index contributed by atoms with van der Waals surface area (Å²) in [6, 6.07) is 0.0825. The number of anilines is 2. The van der Waals surface area contributed by atoms with Crippen LogP contribution in [0.15, 0.2) is 15.0 Å². The summed E-state index contributed by atoms with van der Waals surface area (Å²) in [6.07, 6.45) is 0. The van der Waals surface area contributed by atoms with Crippen molar-refractivity contribution in [2.75, 3.05) is 24.8 Å². The van der Waals surface area contributed by atoms with Crippen LogP contribution < -0.4 is 22.3 Å². The van der Waals surface area contributed by atoms with E-state index in [1.165, 1.54) is 23.0 Å². The van der Waals surface area contributed by atoms with Crippen LogP contribution in [0.1, 0.15) is 20.8 Å². The maximum Gasteiger partial charge on any atom is 0.332 e. The highest BCUT2D eigenvalue weighted by atomic mass is 32.1. The summed E-state index contributed by atoms with van der Waals surface area (Å²) in [5.41, 5.74) is 6.03. The molecular weight excluding hydrogens is 342 g/mol. The van der Waals surface area contributed by atoms with Gasteiger partial charge in [-0.05, 0) is 12.8 Å². The first kappa shape index (κ1) is 19.2. The predicted molar refractivity (Wildman–Crippen MR) is 101 cm³/mol. The van der Waals surface area contributed by atoms with Crippen molar-refractivity contribution in [1.29, 1.82) is 0 Å². The molecule has 2 rings (SSSR count). The number of aromatic nitrogens is 3. The molecule has 0 aliphatic carbocycles. The zero-order chi connectivity index (χ0) is 18.7. The SMILES string of the molecule is COC[C@@H](C)Nc1nc(-c2c(N)n(CC(C)C)c(=O)n(C)c2=O)cs1. The van der Waals surface area contributed by atoms with Crippen LogP contribution in [0, 0.1) is 5.92 Å². The maximum absolute atomic E-state index is 12.6. The van der Waals surface area contributed by atoms with E-state index in [0.29, 0.717) is 24.0 Å². The van der Waals surface area contributed by atoms with E-state index in [-0.39, 0.29) is 23.3 Å². The van der Waals surface area contributed by atoms with Gasteiger partial charge in [-0.2, -0.15) is 0 Å². The fourth-order valence-corrected chi connectivity index (χ4v) is 3.34. The standard InChI is InChI=1S/C16H25N5O3S/c1-9(2)6-21-13(17)12(14(22)20(4)16(21)23)11-8-25-15(19-11)18-10(3)7-24-5/h8-10H,6-7,17H2,1-5H3,(H,18,19)/t10-/m1/s1. The maximum atomic E-state index is 12.6. The van der Waals surface area contributed by atoms with Crippen molar-refractivity contribution in [1.82, 2.24) is 14.1 Å². The van der Waals surface area contributed by atoms with E-state index in [2.05, 4.69) is 10.3 Å². The average Bonchev–Trinajstić information content (AvgIpc) is 2.97. The van der Waals surface area contributed by atoms with Crippen molar-refractivity contribution in [3.8, 4) is 11.3 Å². The van der Waals surface area contributed by atoms with E-state index in [1.807, 2.05) is 20.8 Å². The zero-order valence-corrected chi connectivity index (χ0v) is 16.0. The van der Waals surface area contributed by atoms with Gasteiger partial charge in [-0.25, -0.2) is 9.78 Å². The van der Waals surface area contributed by atoms with E-state index in [0.717, 1.165) is 4.57 Å². The minimum Gasteiger partial charge on any atom is -0.384 e. The van der Waals surface area contributed by atoms with Crippen molar-refractivity contribution >= 4 is 22.3 Å². The van der Waals surface area contributed by atoms with Crippen LogP contribution in [-0.4, -0.2) is 33.9 Å². The van der Waals surface area contributed by atoms with Gasteiger partial charge < -0.3 is 15.8 Å². The van der Waals surface area contributed by atoms with Crippen molar-refractivity contribution in [3.63, 3.8) is 0 Å². The lowest BCUT2D eigenvalue weighted by Gasteiger charge is -2.15. The second-order valence-electron chi connectivity index (χ2n) is 6.45. The number of hydrogen-bond donors (Lipinski definition) is 2. The number of thiazole rings is 1. The molecule has 0 saturated heterocycles. The molecule has 3 N–H and O–H groups in total. The predicted octanol–water partition coefficient (Wildman–Crippen LogP) is 1.36. The van der Waals surface area contributed by atoms with Crippen LogP contribution in [0.4, 0.5) is 10.9 Å². The third-order valence-corrected chi connectivity index (χ3v) is 4.45.